The maximum Gasteiger partial charge on any atom is 0.490 e. The fraction of sp³-hybridized carbons (Fsp3) is 0.321. The molecule has 2 unspecified atom stereocenters. The molecule has 0 aliphatic carbocycles. The Kier molecular flexibility index (Phi) is 9.16. The van der Waals surface area contributed by atoms with E-state index in [9.17, 15) is 35.9 Å². The van der Waals surface area contributed by atoms with Crippen LogP contribution in [0, 0.1) is 0 Å². The van der Waals surface area contributed by atoms with Crippen molar-refractivity contribution in [1.29, 1.82) is 0 Å². The number of aromatic amines is 1. The number of aromatic nitrogens is 4. The highest BCUT2D eigenvalue weighted by atomic mass is 35.5. The first-order valence-electron chi connectivity index (χ1n) is 13.2. The van der Waals surface area contributed by atoms with Gasteiger partial charge in [-0.2, -0.15) is 26.3 Å². The monoisotopic (exact) mass is 657 g/mol. The zero-order valence-electron chi connectivity index (χ0n) is 22.9. The lowest BCUT2D eigenvalue weighted by molar-refractivity contribution is -0.207. The molecule has 1 fully saturated rings. The van der Waals surface area contributed by atoms with E-state index in [0.29, 0.717) is 27.5 Å². The van der Waals surface area contributed by atoms with Crippen molar-refractivity contribution in [3.63, 3.8) is 0 Å². The molecule has 5 rings (SSSR count). The van der Waals surface area contributed by atoms with Gasteiger partial charge in [0.05, 0.1) is 10.7 Å². The normalized spacial score (nSPS) is 16.5. The average molecular weight is 658 g/mol. The van der Waals surface area contributed by atoms with Crippen LogP contribution >= 0.6 is 11.6 Å². The van der Waals surface area contributed by atoms with Crippen LogP contribution in [0.1, 0.15) is 6.42 Å². The van der Waals surface area contributed by atoms with Gasteiger partial charge in [0.15, 0.2) is 0 Å². The third-order valence-electron chi connectivity index (χ3n) is 6.75. The molecule has 4 aromatic rings. The molecule has 3 aromatic heterocycles. The molecular formula is C28H22ClF6N5O5. The highest BCUT2D eigenvalue weighted by Crippen LogP contribution is 2.38. The number of alkyl halides is 6. The predicted octanol–water partition coefficient (Wildman–Crippen LogP) is 5.37. The minimum Gasteiger partial charge on any atom is -0.490 e. The summed E-state index contributed by atoms with van der Waals surface area (Å²) in [4.78, 5) is 39.9. The summed E-state index contributed by atoms with van der Waals surface area (Å²) in [7, 11) is 0. The molecule has 10 nitrogen and oxygen atoms in total. The van der Waals surface area contributed by atoms with E-state index >= 15 is 0 Å². The molecule has 1 saturated heterocycles. The van der Waals surface area contributed by atoms with Gasteiger partial charge < -0.3 is 19.2 Å². The van der Waals surface area contributed by atoms with Crippen LogP contribution in [0.25, 0.3) is 33.4 Å². The Bertz CT molecular complexity index is 1670. The van der Waals surface area contributed by atoms with E-state index in [1.165, 1.54) is 17.4 Å². The highest BCUT2D eigenvalue weighted by Gasteiger charge is 2.44. The number of H-pyrrole nitrogens is 1. The Hall–Kier alpha value is -4.44. The number of halogens is 7. The zero-order valence-corrected chi connectivity index (χ0v) is 23.6. The van der Waals surface area contributed by atoms with Gasteiger partial charge in [-0.15, -0.1) is 0 Å². The van der Waals surface area contributed by atoms with Crippen LogP contribution in [-0.4, -0.2) is 87.6 Å². The second kappa shape index (κ2) is 12.9. The Balaban J connectivity index is 1.30. The van der Waals surface area contributed by atoms with E-state index in [0.717, 1.165) is 10.9 Å². The maximum atomic E-state index is 12.9. The number of nitrogens with zero attached hydrogens (tertiary/aromatic N) is 4. The fourth-order valence-corrected chi connectivity index (χ4v) is 4.96. The molecule has 1 aliphatic heterocycles. The maximum absolute atomic E-state index is 12.9. The Morgan fingerprint density at radius 3 is 2.36 bits per heavy atom. The number of hydrogen-bond donors (Lipinski definition) is 1. The highest BCUT2D eigenvalue weighted by molar-refractivity contribution is 6.31. The fourth-order valence-electron chi connectivity index (χ4n) is 4.80. The first kappa shape index (κ1) is 32.0. The number of carbonyl (C=O) groups is 2. The summed E-state index contributed by atoms with van der Waals surface area (Å²) >= 11 is 6.19. The molecule has 0 saturated carbocycles. The van der Waals surface area contributed by atoms with Gasteiger partial charge in [-0.1, -0.05) is 11.6 Å². The van der Waals surface area contributed by atoms with Crippen molar-refractivity contribution >= 4 is 34.6 Å². The number of likely N-dealkylation sites (tertiary alicyclic amines) is 1. The smallest absolute Gasteiger partial charge is 0.490 e. The van der Waals surface area contributed by atoms with Crippen molar-refractivity contribution in [3.8, 4) is 28.1 Å². The van der Waals surface area contributed by atoms with E-state index in [-0.39, 0.29) is 31.8 Å². The number of pyridine rings is 1. The Labute approximate surface area is 255 Å². The van der Waals surface area contributed by atoms with Crippen LogP contribution < -0.4 is 4.74 Å². The van der Waals surface area contributed by atoms with Gasteiger partial charge in [-0.05, 0) is 42.3 Å². The Morgan fingerprint density at radius 1 is 1.00 bits per heavy atom. The van der Waals surface area contributed by atoms with Gasteiger partial charge in [0.2, 0.25) is 0 Å². The zero-order chi connectivity index (χ0) is 32.4. The topological polar surface area (TPSA) is 120 Å². The van der Waals surface area contributed by atoms with Crippen molar-refractivity contribution in [1.82, 2.24) is 24.8 Å². The molecule has 0 bridgehead atoms. The molecule has 45 heavy (non-hydrogen) atoms. The Morgan fingerprint density at radius 2 is 1.69 bits per heavy atom. The van der Waals surface area contributed by atoms with Gasteiger partial charge in [0.25, 0.3) is 0 Å². The minimum absolute atomic E-state index is 0.0106. The van der Waals surface area contributed by atoms with E-state index in [2.05, 4.69) is 29.4 Å². The number of ether oxygens (including phenoxy) is 3. The van der Waals surface area contributed by atoms with Crippen LogP contribution in [0.15, 0.2) is 55.2 Å². The molecule has 1 N–H and O–H groups in total. The molecule has 4 heterocycles. The summed E-state index contributed by atoms with van der Waals surface area (Å²) in [5, 5.41) is 1.14. The van der Waals surface area contributed by atoms with E-state index in [1.54, 1.807) is 42.7 Å². The van der Waals surface area contributed by atoms with Gasteiger partial charge in [0.1, 0.15) is 36.5 Å². The van der Waals surface area contributed by atoms with Crippen LogP contribution in [-0.2, 0) is 19.1 Å². The molecule has 1 aromatic carbocycles. The molecule has 238 valence electrons. The molecule has 0 radical (unpaired) electrons. The van der Waals surface area contributed by atoms with E-state index in [4.69, 9.17) is 16.3 Å². The third-order valence-corrected chi connectivity index (χ3v) is 6.95. The number of fused-ring (bicyclic) bond motifs is 1. The lowest BCUT2D eigenvalue weighted by atomic mass is 10.0. The lowest BCUT2D eigenvalue weighted by Crippen LogP contribution is -2.41. The van der Waals surface area contributed by atoms with E-state index in [1.807, 2.05) is 0 Å². The van der Waals surface area contributed by atoms with Crippen molar-refractivity contribution in [2.45, 2.75) is 31.0 Å². The summed E-state index contributed by atoms with van der Waals surface area (Å²) in [5.74, 6) is -4.58. The van der Waals surface area contributed by atoms with Gasteiger partial charge in [-0.3, -0.25) is 4.90 Å². The number of esters is 2. The van der Waals surface area contributed by atoms with Crippen molar-refractivity contribution in [2.24, 2.45) is 0 Å². The molecular weight excluding hydrogens is 636 g/mol. The second-order valence-electron chi connectivity index (χ2n) is 9.99. The van der Waals surface area contributed by atoms with Crippen molar-refractivity contribution < 1.29 is 50.1 Å². The molecule has 2 atom stereocenters. The van der Waals surface area contributed by atoms with Gasteiger partial charge in [0, 0.05) is 54.7 Å². The number of nitrogens with one attached hydrogen (secondary N) is 1. The molecule has 0 amide bonds. The SMILES string of the molecule is O=C(OC1CCN(CC(COc2ccc(-c3[nH]c4ncc(Cl)cc4c3-c3cncnc3)cc2)OC(=O)C(F)(F)F)C1)C(F)(F)F. The largest absolute Gasteiger partial charge is 0.490 e. The average Bonchev–Trinajstić information content (AvgIpc) is 3.59. The summed E-state index contributed by atoms with van der Waals surface area (Å²) in [6.07, 6.45) is -6.90. The molecule has 17 heteroatoms. The first-order valence-corrected chi connectivity index (χ1v) is 13.6. The standard InChI is InChI=1S/C28H22ClF6N5O5/c29-17-7-21-22(16-8-36-14-37-9-16)23(39-24(21)38-10-17)15-1-3-18(4-2-15)43-13-20(45-26(42)28(33,34)35)12-40-6-5-19(11-40)44-25(41)27(30,31)32/h1-4,7-10,14,19-20H,5-6,11-13H2,(H,38,39). The predicted molar refractivity (Wildman–Crippen MR) is 146 cm³/mol. The minimum atomic E-state index is -5.28. The van der Waals surface area contributed by atoms with Crippen LogP contribution in [0.2, 0.25) is 5.02 Å². The van der Waals surface area contributed by atoms with Gasteiger partial charge in [-0.25, -0.2) is 24.5 Å². The lowest BCUT2D eigenvalue weighted by Gasteiger charge is -2.24. The summed E-state index contributed by atoms with van der Waals surface area (Å²) in [5.41, 5.74) is 3.33. The number of hydrogen-bond acceptors (Lipinski definition) is 9. The summed E-state index contributed by atoms with van der Waals surface area (Å²) in [6.45, 7) is -0.931. The second-order valence-corrected chi connectivity index (χ2v) is 10.4. The number of carbonyl (C=O) groups excluding carboxylic acids is 2. The molecule has 1 aliphatic rings. The first-order chi connectivity index (χ1) is 21.3. The van der Waals surface area contributed by atoms with Crippen LogP contribution in [0.4, 0.5) is 26.3 Å². The van der Waals surface area contributed by atoms with Crippen molar-refractivity contribution in [2.75, 3.05) is 26.2 Å². The van der Waals surface area contributed by atoms with Crippen molar-refractivity contribution in [3.05, 3.63) is 60.3 Å². The third kappa shape index (κ3) is 7.81. The van der Waals surface area contributed by atoms with Crippen LogP contribution in [0.3, 0.4) is 0 Å². The van der Waals surface area contributed by atoms with Gasteiger partial charge >= 0.3 is 24.3 Å². The quantitative estimate of drug-likeness (QED) is 0.187. The number of benzene rings is 1. The summed E-state index contributed by atoms with van der Waals surface area (Å²) in [6, 6.07) is 8.22. The number of rotatable bonds is 9. The van der Waals surface area contributed by atoms with E-state index < -0.39 is 43.1 Å². The molecule has 0 spiro atoms. The summed E-state index contributed by atoms with van der Waals surface area (Å²) < 4.78 is 91.1. The van der Waals surface area contributed by atoms with Crippen LogP contribution in [0.5, 0.6) is 5.75 Å².